The van der Waals surface area contributed by atoms with Crippen LogP contribution in [-0.2, 0) is 0 Å². The quantitative estimate of drug-likeness (QED) is 0.857. The standard InChI is InChI=1S/C15H14BrClN2O2/c16-12-5-9(6-14-15(12)21-8-20-14)13(7-18)19-11-3-1-10(17)2-4-11/h1-6,13,19H,7-8,18H2. The molecule has 110 valence electrons. The summed E-state index contributed by atoms with van der Waals surface area (Å²) in [5.41, 5.74) is 7.89. The molecule has 0 aromatic heterocycles. The van der Waals surface area contributed by atoms with Gasteiger partial charge in [-0.05, 0) is 57.9 Å². The third-order valence-corrected chi connectivity index (χ3v) is 4.11. The minimum atomic E-state index is -0.0306. The summed E-state index contributed by atoms with van der Waals surface area (Å²) in [4.78, 5) is 0. The predicted octanol–water partition coefficient (Wildman–Crippen LogP) is 3.94. The summed E-state index contributed by atoms with van der Waals surface area (Å²) in [5.74, 6) is 1.47. The van der Waals surface area contributed by atoms with Crippen molar-refractivity contribution >= 4 is 33.2 Å². The molecule has 4 nitrogen and oxygen atoms in total. The molecule has 0 aliphatic carbocycles. The Balaban J connectivity index is 1.86. The van der Waals surface area contributed by atoms with Gasteiger partial charge in [-0.2, -0.15) is 0 Å². The average Bonchev–Trinajstić information content (AvgIpc) is 2.95. The van der Waals surface area contributed by atoms with Gasteiger partial charge >= 0.3 is 0 Å². The van der Waals surface area contributed by atoms with Crippen molar-refractivity contribution in [2.45, 2.75) is 6.04 Å². The number of fused-ring (bicyclic) bond motifs is 1. The zero-order valence-corrected chi connectivity index (χ0v) is 13.4. The molecule has 3 rings (SSSR count). The number of nitrogens with two attached hydrogens (primary N) is 1. The van der Waals surface area contributed by atoms with Crippen molar-refractivity contribution in [3.63, 3.8) is 0 Å². The van der Waals surface area contributed by atoms with Gasteiger partial charge in [0.2, 0.25) is 6.79 Å². The molecule has 0 saturated carbocycles. The number of halogens is 2. The maximum Gasteiger partial charge on any atom is 0.231 e. The van der Waals surface area contributed by atoms with Gasteiger partial charge in [0.15, 0.2) is 11.5 Å². The van der Waals surface area contributed by atoms with Crippen LogP contribution >= 0.6 is 27.5 Å². The Kier molecular flexibility index (Phi) is 4.24. The van der Waals surface area contributed by atoms with E-state index in [0.717, 1.165) is 27.2 Å². The van der Waals surface area contributed by atoms with Crippen molar-refractivity contribution in [3.8, 4) is 11.5 Å². The number of ether oxygens (including phenoxy) is 2. The van der Waals surface area contributed by atoms with Gasteiger partial charge in [0.05, 0.1) is 10.5 Å². The number of rotatable bonds is 4. The molecule has 21 heavy (non-hydrogen) atoms. The van der Waals surface area contributed by atoms with Crippen molar-refractivity contribution < 1.29 is 9.47 Å². The zero-order chi connectivity index (χ0) is 14.8. The summed E-state index contributed by atoms with van der Waals surface area (Å²) in [6.45, 7) is 0.698. The third kappa shape index (κ3) is 3.10. The first-order valence-electron chi connectivity index (χ1n) is 6.48. The van der Waals surface area contributed by atoms with Gasteiger partial charge < -0.3 is 20.5 Å². The van der Waals surface area contributed by atoms with E-state index in [0.29, 0.717) is 11.6 Å². The van der Waals surface area contributed by atoms with E-state index < -0.39 is 0 Å². The van der Waals surface area contributed by atoms with E-state index in [-0.39, 0.29) is 12.8 Å². The molecule has 0 fully saturated rings. The molecule has 3 N–H and O–H groups in total. The molecule has 1 aliphatic heterocycles. The lowest BCUT2D eigenvalue weighted by Crippen LogP contribution is -2.20. The molecule has 2 aromatic carbocycles. The second kappa shape index (κ2) is 6.13. The van der Waals surface area contributed by atoms with Crippen LogP contribution in [0.4, 0.5) is 5.69 Å². The van der Waals surface area contributed by atoms with Crippen molar-refractivity contribution in [1.82, 2.24) is 0 Å². The summed E-state index contributed by atoms with van der Waals surface area (Å²) >= 11 is 9.39. The maximum absolute atomic E-state index is 5.90. The molecule has 1 atom stereocenters. The Bertz CT molecular complexity index is 649. The second-order valence-electron chi connectivity index (χ2n) is 4.68. The van der Waals surface area contributed by atoms with Gasteiger partial charge in [-0.1, -0.05) is 11.6 Å². The molecule has 1 unspecified atom stereocenters. The van der Waals surface area contributed by atoms with Crippen LogP contribution in [0.15, 0.2) is 40.9 Å². The van der Waals surface area contributed by atoms with Crippen molar-refractivity contribution in [3.05, 3.63) is 51.5 Å². The summed E-state index contributed by atoms with van der Waals surface area (Å²) in [5, 5.41) is 4.09. The first kappa shape index (κ1) is 14.5. The minimum Gasteiger partial charge on any atom is -0.454 e. The van der Waals surface area contributed by atoms with Crippen LogP contribution in [0.2, 0.25) is 5.02 Å². The largest absolute Gasteiger partial charge is 0.454 e. The molecule has 0 saturated heterocycles. The van der Waals surface area contributed by atoms with Crippen molar-refractivity contribution in [2.75, 3.05) is 18.7 Å². The summed E-state index contributed by atoms with van der Waals surface area (Å²) in [6.07, 6.45) is 0. The SMILES string of the molecule is NCC(Nc1ccc(Cl)cc1)c1cc(Br)c2c(c1)OCO2. The molecular formula is C15H14BrClN2O2. The van der Waals surface area contributed by atoms with Crippen LogP contribution in [0.3, 0.4) is 0 Å². The van der Waals surface area contributed by atoms with Gasteiger partial charge in [-0.15, -0.1) is 0 Å². The molecule has 2 aromatic rings. The Morgan fingerprint density at radius 3 is 2.71 bits per heavy atom. The van der Waals surface area contributed by atoms with E-state index in [4.69, 9.17) is 26.8 Å². The Hall–Kier alpha value is -1.43. The highest BCUT2D eigenvalue weighted by atomic mass is 79.9. The van der Waals surface area contributed by atoms with E-state index in [1.165, 1.54) is 0 Å². The smallest absolute Gasteiger partial charge is 0.231 e. The molecule has 6 heteroatoms. The van der Waals surface area contributed by atoms with Gasteiger partial charge in [0, 0.05) is 17.3 Å². The van der Waals surface area contributed by atoms with Crippen LogP contribution in [0.25, 0.3) is 0 Å². The average molecular weight is 370 g/mol. The number of anilines is 1. The molecule has 0 radical (unpaired) electrons. The van der Waals surface area contributed by atoms with Crippen molar-refractivity contribution in [2.24, 2.45) is 5.73 Å². The molecule has 0 spiro atoms. The van der Waals surface area contributed by atoms with E-state index in [2.05, 4.69) is 21.2 Å². The summed E-state index contributed by atoms with van der Waals surface area (Å²) < 4.78 is 11.7. The van der Waals surface area contributed by atoms with E-state index in [9.17, 15) is 0 Å². The molecule has 0 amide bonds. The highest BCUT2D eigenvalue weighted by molar-refractivity contribution is 9.10. The molecule has 1 heterocycles. The number of benzene rings is 2. The van der Waals surface area contributed by atoms with Gasteiger partial charge in [0.1, 0.15) is 0 Å². The first-order chi connectivity index (χ1) is 10.2. The fourth-order valence-electron chi connectivity index (χ4n) is 2.21. The fourth-order valence-corrected chi connectivity index (χ4v) is 2.91. The van der Waals surface area contributed by atoms with E-state index in [1.807, 2.05) is 36.4 Å². The fraction of sp³-hybridized carbons (Fsp3) is 0.200. The third-order valence-electron chi connectivity index (χ3n) is 3.27. The van der Waals surface area contributed by atoms with Gasteiger partial charge in [-0.25, -0.2) is 0 Å². The van der Waals surface area contributed by atoms with Crippen LogP contribution in [0, 0.1) is 0 Å². The second-order valence-corrected chi connectivity index (χ2v) is 5.97. The molecule has 0 bridgehead atoms. The van der Waals surface area contributed by atoms with E-state index in [1.54, 1.807) is 0 Å². The molecule has 1 aliphatic rings. The topological polar surface area (TPSA) is 56.5 Å². The summed E-state index contributed by atoms with van der Waals surface area (Å²) in [7, 11) is 0. The van der Waals surface area contributed by atoms with Gasteiger partial charge in [0.25, 0.3) is 0 Å². The predicted molar refractivity (Wildman–Crippen MR) is 87.1 cm³/mol. The highest BCUT2D eigenvalue weighted by Gasteiger charge is 2.21. The lowest BCUT2D eigenvalue weighted by molar-refractivity contribution is 0.173. The number of hydrogen-bond donors (Lipinski definition) is 2. The Labute approximate surface area is 136 Å². The van der Waals surface area contributed by atoms with Crippen molar-refractivity contribution in [1.29, 1.82) is 0 Å². The highest BCUT2D eigenvalue weighted by Crippen LogP contribution is 2.41. The summed E-state index contributed by atoms with van der Waals surface area (Å²) in [6, 6.07) is 11.4. The number of hydrogen-bond acceptors (Lipinski definition) is 4. The maximum atomic E-state index is 5.90. The monoisotopic (exact) mass is 368 g/mol. The number of nitrogens with one attached hydrogen (secondary N) is 1. The van der Waals surface area contributed by atoms with Gasteiger partial charge in [-0.3, -0.25) is 0 Å². The van der Waals surface area contributed by atoms with Crippen LogP contribution < -0.4 is 20.5 Å². The zero-order valence-electron chi connectivity index (χ0n) is 11.1. The lowest BCUT2D eigenvalue weighted by atomic mass is 10.1. The van der Waals surface area contributed by atoms with Crippen LogP contribution in [0.1, 0.15) is 11.6 Å². The Morgan fingerprint density at radius 1 is 1.24 bits per heavy atom. The minimum absolute atomic E-state index is 0.0306. The van der Waals surface area contributed by atoms with Crippen LogP contribution in [0.5, 0.6) is 11.5 Å². The first-order valence-corrected chi connectivity index (χ1v) is 7.65. The lowest BCUT2D eigenvalue weighted by Gasteiger charge is -2.19. The normalized spacial score (nSPS) is 14.0. The van der Waals surface area contributed by atoms with Crippen LogP contribution in [-0.4, -0.2) is 13.3 Å². The molecular weight excluding hydrogens is 356 g/mol. The van der Waals surface area contributed by atoms with E-state index >= 15 is 0 Å². The Morgan fingerprint density at radius 2 is 2.00 bits per heavy atom.